The standard InChI is InChI=1S/C27H33O8P/c1-5-32-36(30,33-6-2)18-31-27-17-22(27)19(3)26(4,35-24(29)21-15-11-8-12-16-21)25(27)34-23(28)20-13-9-7-10-14-20/h7-16,19,22,25H,5-6,17-18H2,1-4H3. The van der Waals surface area contributed by atoms with Crippen LogP contribution in [-0.2, 0) is 27.8 Å². The first-order valence-electron chi connectivity index (χ1n) is 12.3. The number of benzene rings is 2. The minimum absolute atomic E-state index is 0.0728. The maximum absolute atomic E-state index is 13.1. The van der Waals surface area contributed by atoms with Gasteiger partial charge in [-0.3, -0.25) is 4.57 Å². The molecule has 2 aliphatic carbocycles. The fourth-order valence-electron chi connectivity index (χ4n) is 5.20. The molecule has 36 heavy (non-hydrogen) atoms. The second-order valence-corrected chi connectivity index (χ2v) is 11.4. The Morgan fingerprint density at radius 1 is 0.917 bits per heavy atom. The highest BCUT2D eigenvalue weighted by molar-refractivity contribution is 7.53. The van der Waals surface area contributed by atoms with Gasteiger partial charge < -0.3 is 23.3 Å². The van der Waals surface area contributed by atoms with Crippen LogP contribution in [-0.4, -0.2) is 48.8 Å². The van der Waals surface area contributed by atoms with E-state index in [9.17, 15) is 14.2 Å². The van der Waals surface area contributed by atoms with Gasteiger partial charge in [0.1, 0.15) is 11.9 Å². The van der Waals surface area contributed by atoms with Crippen LogP contribution >= 0.6 is 7.60 Å². The fourth-order valence-corrected chi connectivity index (χ4v) is 6.61. The van der Waals surface area contributed by atoms with Crippen LogP contribution in [0.4, 0.5) is 0 Å². The summed E-state index contributed by atoms with van der Waals surface area (Å²) in [5, 5.41) is 0. The lowest BCUT2D eigenvalue weighted by Gasteiger charge is -2.39. The molecule has 5 atom stereocenters. The Kier molecular flexibility index (Phi) is 7.72. The molecule has 0 radical (unpaired) electrons. The molecule has 194 valence electrons. The molecule has 9 heteroatoms. The molecule has 8 nitrogen and oxygen atoms in total. The first-order valence-corrected chi connectivity index (χ1v) is 14.0. The number of carbonyl (C=O) groups excluding carboxylic acids is 2. The normalized spacial score (nSPS) is 28.8. The molecule has 0 N–H and O–H groups in total. The molecular weight excluding hydrogens is 483 g/mol. The van der Waals surface area contributed by atoms with Gasteiger partial charge in [-0.1, -0.05) is 43.3 Å². The summed E-state index contributed by atoms with van der Waals surface area (Å²) in [6, 6.07) is 17.3. The fraction of sp³-hybridized carbons (Fsp3) is 0.481. The number of hydrogen-bond acceptors (Lipinski definition) is 8. The summed E-state index contributed by atoms with van der Waals surface area (Å²) < 4.78 is 42.3. The van der Waals surface area contributed by atoms with Gasteiger partial charge in [-0.2, -0.15) is 0 Å². The Hall–Kier alpha value is -2.51. The molecule has 2 aromatic carbocycles. The van der Waals surface area contributed by atoms with Gasteiger partial charge in [-0.15, -0.1) is 0 Å². The molecule has 0 saturated heterocycles. The van der Waals surface area contributed by atoms with Crippen molar-refractivity contribution in [2.75, 3.05) is 19.6 Å². The van der Waals surface area contributed by atoms with Crippen LogP contribution in [0.2, 0.25) is 0 Å². The van der Waals surface area contributed by atoms with Crippen molar-refractivity contribution in [1.29, 1.82) is 0 Å². The Balaban J connectivity index is 1.64. The van der Waals surface area contributed by atoms with E-state index >= 15 is 0 Å². The average molecular weight is 517 g/mol. The predicted molar refractivity (Wildman–Crippen MR) is 133 cm³/mol. The molecule has 5 unspecified atom stereocenters. The lowest BCUT2D eigenvalue weighted by atomic mass is 9.87. The molecule has 2 saturated carbocycles. The van der Waals surface area contributed by atoms with Gasteiger partial charge in [0.25, 0.3) is 0 Å². The van der Waals surface area contributed by atoms with Crippen molar-refractivity contribution < 1.29 is 37.4 Å². The molecule has 2 aromatic rings. The van der Waals surface area contributed by atoms with E-state index in [0.717, 1.165) is 0 Å². The van der Waals surface area contributed by atoms with Crippen LogP contribution in [0.1, 0.15) is 54.8 Å². The third-order valence-corrected chi connectivity index (χ3v) is 8.93. The van der Waals surface area contributed by atoms with E-state index in [4.69, 9.17) is 23.3 Å². The molecule has 0 spiro atoms. The quantitative estimate of drug-likeness (QED) is 0.286. The lowest BCUT2D eigenvalue weighted by molar-refractivity contribution is -0.138. The van der Waals surface area contributed by atoms with E-state index in [1.807, 2.05) is 13.0 Å². The number of carbonyl (C=O) groups is 2. The highest BCUT2D eigenvalue weighted by Crippen LogP contribution is 2.68. The van der Waals surface area contributed by atoms with Crippen LogP contribution < -0.4 is 0 Å². The van der Waals surface area contributed by atoms with Gasteiger partial charge in [0.2, 0.25) is 0 Å². The number of ether oxygens (including phenoxy) is 3. The Labute approximate surface area is 211 Å². The molecular formula is C27H33O8P. The Morgan fingerprint density at radius 2 is 1.44 bits per heavy atom. The van der Waals surface area contributed by atoms with Crippen LogP contribution in [0.3, 0.4) is 0 Å². The largest absolute Gasteiger partial charge is 0.451 e. The highest BCUT2D eigenvalue weighted by Gasteiger charge is 2.79. The third kappa shape index (κ3) is 5.00. The van der Waals surface area contributed by atoms with Gasteiger partial charge in [-0.05, 0) is 51.5 Å². The predicted octanol–water partition coefficient (Wildman–Crippen LogP) is 5.48. The van der Waals surface area contributed by atoms with Crippen molar-refractivity contribution in [2.45, 2.75) is 51.4 Å². The Morgan fingerprint density at radius 3 is 1.97 bits per heavy atom. The molecule has 0 aliphatic heterocycles. The monoisotopic (exact) mass is 516 g/mol. The van der Waals surface area contributed by atoms with Crippen molar-refractivity contribution >= 4 is 19.5 Å². The van der Waals surface area contributed by atoms with Crippen LogP contribution in [0, 0.1) is 11.8 Å². The van der Waals surface area contributed by atoms with Crippen LogP contribution in [0.5, 0.6) is 0 Å². The summed E-state index contributed by atoms with van der Waals surface area (Å²) in [6.45, 7) is 7.58. The summed E-state index contributed by atoms with van der Waals surface area (Å²) in [7, 11) is -3.51. The minimum atomic E-state index is -3.51. The number of rotatable bonds is 11. The van der Waals surface area contributed by atoms with E-state index in [-0.39, 0.29) is 31.4 Å². The van der Waals surface area contributed by atoms with Gasteiger partial charge in [0, 0.05) is 11.8 Å². The summed E-state index contributed by atoms with van der Waals surface area (Å²) in [5.41, 5.74) is -1.39. The van der Waals surface area contributed by atoms with Crippen molar-refractivity contribution in [2.24, 2.45) is 11.8 Å². The van der Waals surface area contributed by atoms with Crippen molar-refractivity contribution in [3.05, 3.63) is 71.8 Å². The summed E-state index contributed by atoms with van der Waals surface area (Å²) in [4.78, 5) is 26.2. The Bertz CT molecular complexity index is 1110. The maximum Gasteiger partial charge on any atom is 0.356 e. The second-order valence-electron chi connectivity index (χ2n) is 9.36. The SMILES string of the molecule is CCOP(=O)(COC12CC1C(C)C(C)(OC(=O)c1ccccc1)C2OC(=O)c1ccccc1)OCC. The van der Waals surface area contributed by atoms with E-state index < -0.39 is 36.8 Å². The number of hydrogen-bond donors (Lipinski definition) is 0. The first-order chi connectivity index (χ1) is 17.2. The topological polar surface area (TPSA) is 97.4 Å². The zero-order valence-corrected chi connectivity index (χ0v) is 21.9. The van der Waals surface area contributed by atoms with E-state index in [1.54, 1.807) is 75.4 Å². The summed E-state index contributed by atoms with van der Waals surface area (Å²) in [6.07, 6.45) is -0.653. The summed E-state index contributed by atoms with van der Waals surface area (Å²) in [5.74, 6) is -1.34. The third-order valence-electron chi connectivity index (χ3n) is 7.18. The zero-order chi connectivity index (χ0) is 26.0. The first kappa shape index (κ1) is 26.6. The van der Waals surface area contributed by atoms with E-state index in [1.165, 1.54) is 0 Å². The molecule has 0 amide bonds. The van der Waals surface area contributed by atoms with E-state index in [0.29, 0.717) is 17.5 Å². The van der Waals surface area contributed by atoms with Crippen LogP contribution in [0.15, 0.2) is 60.7 Å². The van der Waals surface area contributed by atoms with Gasteiger partial charge in [-0.25, -0.2) is 9.59 Å². The van der Waals surface area contributed by atoms with Crippen molar-refractivity contribution in [1.82, 2.24) is 0 Å². The molecule has 0 bridgehead atoms. The van der Waals surface area contributed by atoms with Gasteiger partial charge >= 0.3 is 19.5 Å². The molecule has 0 heterocycles. The van der Waals surface area contributed by atoms with Crippen LogP contribution in [0.25, 0.3) is 0 Å². The van der Waals surface area contributed by atoms with Gasteiger partial charge in [0.15, 0.2) is 11.7 Å². The lowest BCUT2D eigenvalue weighted by Crippen LogP contribution is -2.53. The summed E-state index contributed by atoms with van der Waals surface area (Å²) >= 11 is 0. The number of esters is 2. The van der Waals surface area contributed by atoms with Crippen molar-refractivity contribution in [3.63, 3.8) is 0 Å². The average Bonchev–Trinajstić information content (AvgIpc) is 3.58. The van der Waals surface area contributed by atoms with Gasteiger partial charge in [0.05, 0.1) is 24.3 Å². The highest BCUT2D eigenvalue weighted by atomic mass is 31.2. The smallest absolute Gasteiger partial charge is 0.356 e. The second kappa shape index (κ2) is 10.5. The number of fused-ring (bicyclic) bond motifs is 1. The maximum atomic E-state index is 13.1. The van der Waals surface area contributed by atoms with E-state index in [2.05, 4.69) is 0 Å². The minimum Gasteiger partial charge on any atom is -0.451 e. The zero-order valence-electron chi connectivity index (χ0n) is 21.0. The molecule has 4 rings (SSSR count). The van der Waals surface area contributed by atoms with Crippen molar-refractivity contribution in [3.8, 4) is 0 Å². The molecule has 2 fully saturated rings. The molecule has 2 aliphatic rings. The molecule has 0 aromatic heterocycles.